The van der Waals surface area contributed by atoms with Crippen molar-refractivity contribution in [2.45, 2.75) is 32.7 Å². The fourth-order valence-corrected chi connectivity index (χ4v) is 2.79. The van der Waals surface area contributed by atoms with Crippen molar-refractivity contribution in [3.63, 3.8) is 0 Å². The normalized spacial score (nSPS) is 13.6. The summed E-state index contributed by atoms with van der Waals surface area (Å²) in [5, 5.41) is 5.45. The predicted octanol–water partition coefficient (Wildman–Crippen LogP) is 1.80. The van der Waals surface area contributed by atoms with Crippen LogP contribution in [0, 0.1) is 6.92 Å². The van der Waals surface area contributed by atoms with E-state index < -0.39 is 0 Å². The maximum Gasteiger partial charge on any atom is 0.194 e. The Kier molecular flexibility index (Phi) is 4.34. The van der Waals surface area contributed by atoms with Gasteiger partial charge in [-0.15, -0.1) is 11.3 Å². The Labute approximate surface area is 111 Å². The lowest BCUT2D eigenvalue weighted by molar-refractivity contribution is -0.119. The van der Waals surface area contributed by atoms with Crippen molar-refractivity contribution in [1.82, 2.24) is 14.7 Å². The zero-order chi connectivity index (χ0) is 13.1. The first-order valence-electron chi connectivity index (χ1n) is 5.87. The molecule has 0 aromatic carbocycles. The SMILES string of the molecule is COC(OC)C(C)NCc1c(C)nc2sccn12. The van der Waals surface area contributed by atoms with Gasteiger partial charge in [0.1, 0.15) is 0 Å². The molecule has 0 aliphatic heterocycles. The molecule has 18 heavy (non-hydrogen) atoms. The average molecular weight is 269 g/mol. The molecule has 2 aromatic rings. The van der Waals surface area contributed by atoms with Gasteiger partial charge in [-0.25, -0.2) is 4.98 Å². The Hall–Kier alpha value is -0.950. The van der Waals surface area contributed by atoms with E-state index in [0.717, 1.165) is 17.2 Å². The molecule has 0 aliphatic carbocycles. The first kappa shape index (κ1) is 13.5. The van der Waals surface area contributed by atoms with Crippen molar-refractivity contribution in [2.24, 2.45) is 0 Å². The molecule has 0 radical (unpaired) electrons. The zero-order valence-corrected chi connectivity index (χ0v) is 12.0. The van der Waals surface area contributed by atoms with Gasteiger partial charge >= 0.3 is 0 Å². The van der Waals surface area contributed by atoms with E-state index in [9.17, 15) is 0 Å². The Bertz CT molecular complexity index is 504. The van der Waals surface area contributed by atoms with Crippen LogP contribution in [-0.2, 0) is 16.0 Å². The van der Waals surface area contributed by atoms with Crippen molar-refractivity contribution in [1.29, 1.82) is 0 Å². The van der Waals surface area contributed by atoms with Crippen molar-refractivity contribution in [2.75, 3.05) is 14.2 Å². The summed E-state index contributed by atoms with van der Waals surface area (Å²) in [5.41, 5.74) is 2.25. The molecule has 6 heteroatoms. The molecule has 2 aromatic heterocycles. The lowest BCUT2D eigenvalue weighted by Crippen LogP contribution is -2.39. The van der Waals surface area contributed by atoms with E-state index in [2.05, 4.69) is 14.7 Å². The number of hydrogen-bond acceptors (Lipinski definition) is 5. The van der Waals surface area contributed by atoms with Gasteiger partial charge in [-0.1, -0.05) is 0 Å². The second kappa shape index (κ2) is 5.79. The number of imidazole rings is 1. The number of nitrogens with zero attached hydrogens (tertiary/aromatic N) is 2. The van der Waals surface area contributed by atoms with Crippen LogP contribution in [-0.4, -0.2) is 35.9 Å². The Morgan fingerprint density at radius 3 is 2.83 bits per heavy atom. The third kappa shape index (κ3) is 2.56. The maximum atomic E-state index is 5.23. The van der Waals surface area contributed by atoms with Crippen LogP contribution < -0.4 is 5.32 Å². The van der Waals surface area contributed by atoms with E-state index in [0.29, 0.717) is 0 Å². The molecule has 0 spiro atoms. The minimum absolute atomic E-state index is 0.114. The van der Waals surface area contributed by atoms with Crippen LogP contribution in [0.25, 0.3) is 4.96 Å². The lowest BCUT2D eigenvalue weighted by Gasteiger charge is -2.22. The highest BCUT2D eigenvalue weighted by Crippen LogP contribution is 2.16. The molecule has 1 atom stereocenters. The molecule has 0 saturated heterocycles. The highest BCUT2D eigenvalue weighted by molar-refractivity contribution is 7.15. The smallest absolute Gasteiger partial charge is 0.194 e. The van der Waals surface area contributed by atoms with Crippen LogP contribution in [0.4, 0.5) is 0 Å². The van der Waals surface area contributed by atoms with Crippen molar-refractivity contribution in [3.05, 3.63) is 23.0 Å². The summed E-state index contributed by atoms with van der Waals surface area (Å²) in [7, 11) is 3.29. The molecule has 0 saturated carbocycles. The van der Waals surface area contributed by atoms with Gasteiger partial charge in [-0.3, -0.25) is 4.40 Å². The number of rotatable bonds is 6. The van der Waals surface area contributed by atoms with Gasteiger partial charge in [0.25, 0.3) is 0 Å². The number of aryl methyl sites for hydroxylation is 1. The summed E-state index contributed by atoms with van der Waals surface area (Å²) >= 11 is 1.65. The number of aromatic nitrogens is 2. The molecule has 100 valence electrons. The molecule has 0 fully saturated rings. The van der Waals surface area contributed by atoms with E-state index in [1.807, 2.05) is 25.4 Å². The van der Waals surface area contributed by atoms with Gasteiger partial charge in [-0.2, -0.15) is 0 Å². The molecular weight excluding hydrogens is 250 g/mol. The minimum atomic E-state index is -0.240. The molecule has 5 nitrogen and oxygen atoms in total. The molecule has 1 unspecified atom stereocenters. The Morgan fingerprint density at radius 2 is 2.17 bits per heavy atom. The first-order valence-corrected chi connectivity index (χ1v) is 6.75. The fourth-order valence-electron chi connectivity index (χ4n) is 2.01. The monoisotopic (exact) mass is 269 g/mol. The summed E-state index contributed by atoms with van der Waals surface area (Å²) in [6, 6.07) is 0.114. The fraction of sp³-hybridized carbons (Fsp3) is 0.583. The summed E-state index contributed by atoms with van der Waals surface area (Å²) in [4.78, 5) is 5.55. The molecule has 1 N–H and O–H groups in total. The van der Waals surface area contributed by atoms with Gasteiger partial charge < -0.3 is 14.8 Å². The summed E-state index contributed by atoms with van der Waals surface area (Å²) in [5.74, 6) is 0. The topological polar surface area (TPSA) is 47.8 Å². The second-order valence-corrected chi connectivity index (χ2v) is 5.08. The van der Waals surface area contributed by atoms with Gasteiger partial charge in [0.2, 0.25) is 0 Å². The van der Waals surface area contributed by atoms with E-state index in [1.165, 1.54) is 5.69 Å². The van der Waals surface area contributed by atoms with E-state index in [1.54, 1.807) is 25.6 Å². The second-order valence-electron chi connectivity index (χ2n) is 4.21. The number of thiazole rings is 1. The van der Waals surface area contributed by atoms with E-state index in [4.69, 9.17) is 9.47 Å². The van der Waals surface area contributed by atoms with E-state index in [-0.39, 0.29) is 12.3 Å². The van der Waals surface area contributed by atoms with Crippen LogP contribution in [0.5, 0.6) is 0 Å². The zero-order valence-electron chi connectivity index (χ0n) is 11.1. The number of fused-ring (bicyclic) bond motifs is 1. The third-order valence-electron chi connectivity index (χ3n) is 3.03. The number of hydrogen-bond donors (Lipinski definition) is 1. The molecular formula is C12H19N3O2S. The third-order valence-corrected chi connectivity index (χ3v) is 3.78. The molecule has 0 aliphatic rings. The summed E-state index contributed by atoms with van der Waals surface area (Å²) in [6.45, 7) is 4.82. The average Bonchev–Trinajstić information content (AvgIpc) is 2.89. The van der Waals surface area contributed by atoms with Gasteiger partial charge in [0, 0.05) is 32.3 Å². The van der Waals surface area contributed by atoms with Crippen molar-refractivity contribution >= 4 is 16.3 Å². The van der Waals surface area contributed by atoms with Crippen molar-refractivity contribution in [3.8, 4) is 0 Å². The standard InChI is InChI=1S/C12H19N3O2S/c1-8-10(15-5-6-18-12(15)14-8)7-13-9(2)11(16-3)17-4/h5-6,9,11,13H,7H2,1-4H3. The van der Waals surface area contributed by atoms with E-state index >= 15 is 0 Å². The van der Waals surface area contributed by atoms with Crippen LogP contribution in [0.3, 0.4) is 0 Å². The van der Waals surface area contributed by atoms with Crippen molar-refractivity contribution < 1.29 is 9.47 Å². The summed E-state index contributed by atoms with van der Waals surface area (Å²) in [6.07, 6.45) is 1.81. The quantitative estimate of drug-likeness (QED) is 0.812. The minimum Gasteiger partial charge on any atom is -0.354 e. The number of nitrogens with one attached hydrogen (secondary N) is 1. The highest BCUT2D eigenvalue weighted by Gasteiger charge is 2.16. The lowest BCUT2D eigenvalue weighted by atomic mass is 10.3. The van der Waals surface area contributed by atoms with Crippen LogP contribution >= 0.6 is 11.3 Å². The van der Waals surface area contributed by atoms with Crippen LogP contribution in [0.1, 0.15) is 18.3 Å². The predicted molar refractivity (Wildman–Crippen MR) is 71.9 cm³/mol. The molecule has 2 heterocycles. The largest absolute Gasteiger partial charge is 0.354 e. The van der Waals surface area contributed by atoms with Gasteiger partial charge in [0.15, 0.2) is 11.3 Å². The number of ether oxygens (including phenoxy) is 2. The molecule has 0 amide bonds. The van der Waals surface area contributed by atoms with Gasteiger partial charge in [-0.05, 0) is 13.8 Å². The maximum absolute atomic E-state index is 5.23. The van der Waals surface area contributed by atoms with Crippen LogP contribution in [0.2, 0.25) is 0 Å². The Balaban J connectivity index is 2.05. The Morgan fingerprint density at radius 1 is 1.44 bits per heavy atom. The molecule has 2 rings (SSSR count). The van der Waals surface area contributed by atoms with Crippen LogP contribution in [0.15, 0.2) is 11.6 Å². The van der Waals surface area contributed by atoms with Gasteiger partial charge in [0.05, 0.1) is 17.4 Å². The first-order chi connectivity index (χ1) is 8.67. The highest BCUT2D eigenvalue weighted by atomic mass is 32.1. The molecule has 0 bridgehead atoms. The number of methoxy groups -OCH3 is 2. The summed E-state index contributed by atoms with van der Waals surface area (Å²) < 4.78 is 12.6.